The number of benzene rings is 1. The molecule has 2 rings (SSSR count). The predicted molar refractivity (Wildman–Crippen MR) is 79.0 cm³/mol. The molecule has 0 spiro atoms. The topological polar surface area (TPSA) is 81.2 Å². The second-order valence-corrected chi connectivity index (χ2v) is 4.46. The first-order valence-electron chi connectivity index (χ1n) is 6.61. The number of methoxy groups -OCH3 is 1. The number of hydrogen-bond donors (Lipinski definition) is 1. The van der Waals surface area contributed by atoms with Gasteiger partial charge in [0, 0.05) is 12.1 Å². The van der Waals surface area contributed by atoms with Gasteiger partial charge in [0.1, 0.15) is 24.2 Å². The molecule has 2 aromatic rings. The minimum absolute atomic E-state index is 0.372. The van der Waals surface area contributed by atoms with Crippen molar-refractivity contribution in [3.8, 4) is 17.6 Å². The molecule has 21 heavy (non-hydrogen) atoms. The summed E-state index contributed by atoms with van der Waals surface area (Å²) in [4.78, 5) is 4.26. The molecule has 0 atom stereocenters. The van der Waals surface area contributed by atoms with Crippen molar-refractivity contribution in [2.75, 3.05) is 13.7 Å². The summed E-state index contributed by atoms with van der Waals surface area (Å²) in [6.45, 7) is 0.951. The van der Waals surface area contributed by atoms with Crippen LogP contribution < -0.4 is 15.2 Å². The molecule has 0 amide bonds. The fraction of sp³-hybridized carbons (Fsp3) is 0.250. The molecule has 1 heterocycles. The summed E-state index contributed by atoms with van der Waals surface area (Å²) in [5.74, 6) is 1.25. The molecule has 0 aliphatic carbocycles. The van der Waals surface area contributed by atoms with Crippen molar-refractivity contribution >= 4 is 0 Å². The lowest BCUT2D eigenvalue weighted by Gasteiger charge is -2.08. The van der Waals surface area contributed by atoms with E-state index in [2.05, 4.69) is 11.1 Å². The van der Waals surface area contributed by atoms with Gasteiger partial charge >= 0.3 is 0 Å². The summed E-state index contributed by atoms with van der Waals surface area (Å²) in [6, 6.07) is 11.3. The third kappa shape index (κ3) is 3.94. The van der Waals surface area contributed by atoms with Gasteiger partial charge in [0.15, 0.2) is 0 Å². The van der Waals surface area contributed by atoms with Crippen LogP contribution in [0.2, 0.25) is 0 Å². The molecule has 0 saturated carbocycles. The molecule has 1 aromatic heterocycles. The van der Waals surface area contributed by atoms with Crippen LogP contribution in [0.15, 0.2) is 36.5 Å². The van der Waals surface area contributed by atoms with Gasteiger partial charge in [-0.1, -0.05) is 6.07 Å². The van der Waals surface area contributed by atoms with Crippen molar-refractivity contribution < 1.29 is 9.47 Å². The van der Waals surface area contributed by atoms with Crippen LogP contribution in [0.4, 0.5) is 0 Å². The van der Waals surface area contributed by atoms with Crippen LogP contribution in [0.5, 0.6) is 11.5 Å². The lowest BCUT2D eigenvalue weighted by atomic mass is 10.1. The Balaban J connectivity index is 2.01. The van der Waals surface area contributed by atoms with Crippen LogP contribution in [0, 0.1) is 11.3 Å². The zero-order valence-electron chi connectivity index (χ0n) is 11.9. The molecule has 2 N–H and O–H groups in total. The fourth-order valence-corrected chi connectivity index (χ4v) is 1.89. The van der Waals surface area contributed by atoms with Gasteiger partial charge in [-0.05, 0) is 36.4 Å². The van der Waals surface area contributed by atoms with Crippen molar-refractivity contribution in [2.24, 2.45) is 5.73 Å². The number of ether oxygens (including phenoxy) is 2. The van der Waals surface area contributed by atoms with Gasteiger partial charge in [0.05, 0.1) is 18.9 Å². The molecule has 0 saturated heterocycles. The smallest absolute Gasteiger partial charge is 0.138 e. The van der Waals surface area contributed by atoms with Gasteiger partial charge in [0.25, 0.3) is 0 Å². The number of hydrogen-bond acceptors (Lipinski definition) is 5. The number of nitriles is 1. The molecule has 0 radical (unpaired) electrons. The van der Waals surface area contributed by atoms with Crippen LogP contribution in [0.1, 0.15) is 16.8 Å². The van der Waals surface area contributed by atoms with Crippen molar-refractivity contribution in [1.29, 1.82) is 5.26 Å². The highest BCUT2D eigenvalue weighted by atomic mass is 16.5. The molecule has 0 fully saturated rings. The molecule has 0 aliphatic heterocycles. The molecule has 108 valence electrons. The first-order chi connectivity index (χ1) is 10.3. The maximum absolute atomic E-state index is 9.05. The number of pyridine rings is 1. The molecule has 0 unspecified atom stereocenters. The van der Waals surface area contributed by atoms with Gasteiger partial charge < -0.3 is 15.2 Å². The lowest BCUT2D eigenvalue weighted by molar-refractivity contribution is 0.304. The average molecular weight is 283 g/mol. The van der Waals surface area contributed by atoms with Gasteiger partial charge in [-0.15, -0.1) is 0 Å². The number of nitrogens with zero attached hydrogens (tertiary/aromatic N) is 2. The van der Waals surface area contributed by atoms with Crippen LogP contribution in [-0.2, 0) is 13.0 Å². The van der Waals surface area contributed by atoms with E-state index in [1.54, 1.807) is 25.4 Å². The summed E-state index contributed by atoms with van der Waals surface area (Å²) in [5, 5.41) is 9.05. The zero-order chi connectivity index (χ0) is 15.1. The summed E-state index contributed by atoms with van der Waals surface area (Å²) in [7, 11) is 1.54. The third-order valence-electron chi connectivity index (χ3n) is 2.99. The van der Waals surface area contributed by atoms with Crippen molar-refractivity contribution in [2.45, 2.75) is 13.0 Å². The van der Waals surface area contributed by atoms with Crippen LogP contribution in [0.25, 0.3) is 0 Å². The second kappa shape index (κ2) is 7.27. The maximum Gasteiger partial charge on any atom is 0.138 e. The molecule has 5 nitrogen and oxygen atoms in total. The maximum atomic E-state index is 9.05. The van der Waals surface area contributed by atoms with Gasteiger partial charge in [-0.3, -0.25) is 4.98 Å². The summed E-state index contributed by atoms with van der Waals surface area (Å²) >= 11 is 0. The SMILES string of the molecule is COc1ccc(COc2ccc(CCN)nc2)cc1C#N. The minimum atomic E-state index is 0.372. The Labute approximate surface area is 123 Å². The van der Waals surface area contributed by atoms with Crippen LogP contribution >= 0.6 is 0 Å². The quantitative estimate of drug-likeness (QED) is 0.877. The Kier molecular flexibility index (Phi) is 5.13. The highest BCUT2D eigenvalue weighted by Gasteiger charge is 2.04. The van der Waals surface area contributed by atoms with Gasteiger partial charge in [-0.25, -0.2) is 0 Å². The van der Waals surface area contributed by atoms with E-state index in [9.17, 15) is 0 Å². The second-order valence-electron chi connectivity index (χ2n) is 4.46. The molecule has 1 aromatic carbocycles. The Hall–Kier alpha value is -2.58. The standard InChI is InChI=1S/C16H17N3O2/c1-20-16-5-2-12(8-13(16)9-18)11-21-15-4-3-14(6-7-17)19-10-15/h2-5,8,10H,6-7,11,17H2,1H3. The highest BCUT2D eigenvalue weighted by molar-refractivity contribution is 5.45. The van der Waals surface area contributed by atoms with Crippen LogP contribution in [-0.4, -0.2) is 18.6 Å². The van der Waals surface area contributed by atoms with E-state index in [0.717, 1.165) is 17.7 Å². The van der Waals surface area contributed by atoms with E-state index in [-0.39, 0.29) is 0 Å². The van der Waals surface area contributed by atoms with Crippen LogP contribution in [0.3, 0.4) is 0 Å². The van der Waals surface area contributed by atoms with E-state index >= 15 is 0 Å². The zero-order valence-corrected chi connectivity index (χ0v) is 11.9. The van der Waals surface area contributed by atoms with Crippen molar-refractivity contribution in [1.82, 2.24) is 4.98 Å². The lowest BCUT2D eigenvalue weighted by Crippen LogP contribution is -2.04. The summed E-state index contributed by atoms with van der Waals surface area (Å²) < 4.78 is 10.8. The van der Waals surface area contributed by atoms with Crippen molar-refractivity contribution in [3.63, 3.8) is 0 Å². The van der Waals surface area contributed by atoms with Gasteiger partial charge in [-0.2, -0.15) is 5.26 Å². The minimum Gasteiger partial charge on any atom is -0.495 e. The average Bonchev–Trinajstić information content (AvgIpc) is 2.54. The number of aromatic nitrogens is 1. The van der Waals surface area contributed by atoms with E-state index in [4.69, 9.17) is 20.5 Å². The number of nitrogens with two attached hydrogens (primary N) is 1. The van der Waals surface area contributed by atoms with Gasteiger partial charge in [0.2, 0.25) is 0 Å². The Morgan fingerprint density at radius 2 is 2.14 bits per heavy atom. The largest absolute Gasteiger partial charge is 0.495 e. The summed E-state index contributed by atoms with van der Waals surface area (Å²) in [6.07, 6.45) is 2.43. The Bertz CT molecular complexity index is 633. The molecular formula is C16H17N3O2. The monoisotopic (exact) mass is 283 g/mol. The Morgan fingerprint density at radius 1 is 1.29 bits per heavy atom. The fourth-order valence-electron chi connectivity index (χ4n) is 1.89. The van der Waals surface area contributed by atoms with E-state index in [1.165, 1.54) is 0 Å². The normalized spacial score (nSPS) is 9.95. The van der Waals surface area contributed by atoms with E-state index in [0.29, 0.717) is 30.2 Å². The van der Waals surface area contributed by atoms with Crippen molar-refractivity contribution in [3.05, 3.63) is 53.3 Å². The van der Waals surface area contributed by atoms with E-state index < -0.39 is 0 Å². The highest BCUT2D eigenvalue weighted by Crippen LogP contribution is 2.20. The Morgan fingerprint density at radius 3 is 2.76 bits per heavy atom. The molecule has 5 heteroatoms. The summed E-state index contributed by atoms with van der Waals surface area (Å²) in [5.41, 5.74) is 7.82. The first kappa shape index (κ1) is 14.8. The molecule has 0 aliphatic rings. The predicted octanol–water partition coefficient (Wildman–Crippen LogP) is 2.04. The van der Waals surface area contributed by atoms with E-state index in [1.807, 2.05) is 18.2 Å². The third-order valence-corrected chi connectivity index (χ3v) is 2.99. The molecular weight excluding hydrogens is 266 g/mol. The first-order valence-corrected chi connectivity index (χ1v) is 6.61. The number of rotatable bonds is 6. The molecule has 0 bridgehead atoms.